The molecule has 0 atom stereocenters. The molecule has 1 rings (SSSR count). The van der Waals surface area contributed by atoms with Gasteiger partial charge in [-0.2, -0.15) is 0 Å². The van der Waals surface area contributed by atoms with E-state index < -0.39 is 0 Å². The minimum absolute atomic E-state index is 0.140. The Morgan fingerprint density at radius 2 is 2.25 bits per heavy atom. The summed E-state index contributed by atoms with van der Waals surface area (Å²) in [6.07, 6.45) is 1.94. The quantitative estimate of drug-likeness (QED) is 0.631. The van der Waals surface area contributed by atoms with Gasteiger partial charge in [0.1, 0.15) is 17.3 Å². The molecule has 0 spiro atoms. The van der Waals surface area contributed by atoms with Gasteiger partial charge in [0.15, 0.2) is 6.29 Å². The van der Waals surface area contributed by atoms with Crippen molar-refractivity contribution < 1.29 is 9.53 Å². The van der Waals surface area contributed by atoms with Crippen molar-refractivity contribution in [1.82, 2.24) is 9.97 Å². The summed E-state index contributed by atoms with van der Waals surface area (Å²) in [6, 6.07) is 0. The van der Waals surface area contributed by atoms with Crippen LogP contribution in [-0.2, 0) is 4.74 Å². The summed E-state index contributed by atoms with van der Waals surface area (Å²) < 4.78 is 5.06. The number of nitrogens with one attached hydrogen (secondary N) is 1. The van der Waals surface area contributed by atoms with Gasteiger partial charge < -0.3 is 10.1 Å². The van der Waals surface area contributed by atoms with Crippen LogP contribution in [0.5, 0.6) is 0 Å². The van der Waals surface area contributed by atoms with Gasteiger partial charge in [-0.25, -0.2) is 9.97 Å². The second-order valence-electron chi connectivity index (χ2n) is 3.99. The number of methoxy groups -OCH3 is 1. The normalized spacial score (nSPS) is 11.2. The van der Waals surface area contributed by atoms with Crippen LogP contribution in [0.15, 0.2) is 6.33 Å². The Balaban J connectivity index is 2.97. The molecule has 0 aromatic carbocycles. The largest absolute Gasteiger partial charge is 0.382 e. The van der Waals surface area contributed by atoms with Crippen LogP contribution in [0.4, 0.5) is 5.82 Å². The standard InChI is InChI=1S/C10H14ClN3O2/c1-10(2,5-16-3)14-9-7(4-15)8(11)12-6-13-9/h4,6H,5H2,1-3H3,(H,12,13,14). The third-order valence-corrected chi connectivity index (χ3v) is 2.22. The van der Waals surface area contributed by atoms with E-state index in [0.29, 0.717) is 18.7 Å². The van der Waals surface area contributed by atoms with E-state index in [1.165, 1.54) is 6.33 Å². The lowest BCUT2D eigenvalue weighted by Gasteiger charge is -2.26. The van der Waals surface area contributed by atoms with E-state index in [0.717, 1.165) is 0 Å². The predicted octanol–water partition coefficient (Wildman–Crippen LogP) is 1.78. The Kier molecular flexibility index (Phi) is 4.20. The van der Waals surface area contributed by atoms with Crippen molar-refractivity contribution in [1.29, 1.82) is 0 Å². The first-order chi connectivity index (χ1) is 7.50. The first kappa shape index (κ1) is 12.9. The smallest absolute Gasteiger partial charge is 0.156 e. The molecular weight excluding hydrogens is 230 g/mol. The van der Waals surface area contributed by atoms with Crippen molar-refractivity contribution in [3.8, 4) is 0 Å². The van der Waals surface area contributed by atoms with Gasteiger partial charge in [0.25, 0.3) is 0 Å². The molecule has 0 saturated carbocycles. The van der Waals surface area contributed by atoms with Gasteiger partial charge in [-0.3, -0.25) is 4.79 Å². The maximum absolute atomic E-state index is 10.9. The molecule has 0 saturated heterocycles. The zero-order valence-electron chi connectivity index (χ0n) is 9.45. The fourth-order valence-electron chi connectivity index (χ4n) is 1.30. The molecule has 6 heteroatoms. The highest BCUT2D eigenvalue weighted by atomic mass is 35.5. The summed E-state index contributed by atoms with van der Waals surface area (Å²) in [5.74, 6) is 0.414. The molecule has 0 aliphatic rings. The number of nitrogens with zero attached hydrogens (tertiary/aromatic N) is 2. The lowest BCUT2D eigenvalue weighted by Crippen LogP contribution is -2.36. The number of carbonyl (C=O) groups excluding carboxylic acids is 1. The molecule has 1 N–H and O–H groups in total. The van der Waals surface area contributed by atoms with Crippen LogP contribution < -0.4 is 5.32 Å². The monoisotopic (exact) mass is 243 g/mol. The number of carbonyl (C=O) groups is 1. The Hall–Kier alpha value is -1.20. The number of halogens is 1. The average Bonchev–Trinajstić information content (AvgIpc) is 2.17. The van der Waals surface area contributed by atoms with Crippen LogP contribution in [0, 0.1) is 0 Å². The number of hydrogen-bond donors (Lipinski definition) is 1. The van der Waals surface area contributed by atoms with Crippen LogP contribution in [-0.4, -0.2) is 35.5 Å². The second-order valence-corrected chi connectivity index (χ2v) is 4.34. The van der Waals surface area contributed by atoms with E-state index in [1.807, 2.05) is 13.8 Å². The van der Waals surface area contributed by atoms with E-state index in [4.69, 9.17) is 16.3 Å². The molecule has 88 valence electrons. The number of anilines is 1. The zero-order chi connectivity index (χ0) is 12.2. The number of aromatic nitrogens is 2. The molecule has 0 unspecified atom stereocenters. The molecule has 0 fully saturated rings. The fourth-order valence-corrected chi connectivity index (χ4v) is 1.47. The number of hydrogen-bond acceptors (Lipinski definition) is 5. The topological polar surface area (TPSA) is 64.1 Å². The summed E-state index contributed by atoms with van der Waals surface area (Å²) in [5, 5.41) is 3.23. The van der Waals surface area contributed by atoms with Gasteiger partial charge >= 0.3 is 0 Å². The molecule has 5 nitrogen and oxygen atoms in total. The zero-order valence-corrected chi connectivity index (χ0v) is 10.2. The molecule has 1 heterocycles. The lowest BCUT2D eigenvalue weighted by molar-refractivity contribution is 0.112. The highest BCUT2D eigenvalue weighted by Crippen LogP contribution is 2.20. The van der Waals surface area contributed by atoms with E-state index in [1.54, 1.807) is 7.11 Å². The van der Waals surface area contributed by atoms with E-state index >= 15 is 0 Å². The van der Waals surface area contributed by atoms with Crippen molar-refractivity contribution >= 4 is 23.7 Å². The fraction of sp³-hybridized carbons (Fsp3) is 0.500. The molecule has 0 aliphatic carbocycles. The van der Waals surface area contributed by atoms with Crippen LogP contribution in [0.3, 0.4) is 0 Å². The Morgan fingerprint density at radius 3 is 2.81 bits per heavy atom. The SMILES string of the molecule is COCC(C)(C)Nc1ncnc(Cl)c1C=O. The van der Waals surface area contributed by atoms with Crippen molar-refractivity contribution in [2.45, 2.75) is 19.4 Å². The number of ether oxygens (including phenoxy) is 1. The summed E-state index contributed by atoms with van der Waals surface area (Å²) in [4.78, 5) is 18.6. The maximum atomic E-state index is 10.9. The summed E-state index contributed by atoms with van der Waals surface area (Å²) >= 11 is 5.78. The number of aldehydes is 1. The Bertz CT molecular complexity index is 382. The van der Waals surface area contributed by atoms with Gasteiger partial charge in [-0.1, -0.05) is 11.6 Å². The highest BCUT2D eigenvalue weighted by Gasteiger charge is 2.20. The van der Waals surface area contributed by atoms with Gasteiger partial charge in [-0.05, 0) is 13.8 Å². The van der Waals surface area contributed by atoms with Crippen LogP contribution in [0.25, 0.3) is 0 Å². The highest BCUT2D eigenvalue weighted by molar-refractivity contribution is 6.32. The molecular formula is C10H14ClN3O2. The molecule has 1 aromatic heterocycles. The van der Waals surface area contributed by atoms with Gasteiger partial charge in [0.2, 0.25) is 0 Å². The minimum Gasteiger partial charge on any atom is -0.382 e. The van der Waals surface area contributed by atoms with Crippen molar-refractivity contribution in [2.75, 3.05) is 19.0 Å². The van der Waals surface area contributed by atoms with E-state index in [9.17, 15) is 4.79 Å². The van der Waals surface area contributed by atoms with Crippen LogP contribution in [0.2, 0.25) is 5.15 Å². The molecule has 16 heavy (non-hydrogen) atoms. The summed E-state index contributed by atoms with van der Waals surface area (Å²) in [5.41, 5.74) is -0.0853. The van der Waals surface area contributed by atoms with Crippen LogP contribution >= 0.6 is 11.6 Å². The first-order valence-corrected chi connectivity index (χ1v) is 5.11. The van der Waals surface area contributed by atoms with Crippen molar-refractivity contribution in [3.63, 3.8) is 0 Å². The summed E-state index contributed by atoms with van der Waals surface area (Å²) in [7, 11) is 1.61. The second kappa shape index (κ2) is 5.23. The third kappa shape index (κ3) is 3.15. The molecule has 0 aliphatic heterocycles. The predicted molar refractivity (Wildman–Crippen MR) is 62.0 cm³/mol. The minimum atomic E-state index is -0.343. The molecule has 1 aromatic rings. The van der Waals surface area contributed by atoms with Gasteiger partial charge in [-0.15, -0.1) is 0 Å². The van der Waals surface area contributed by atoms with Gasteiger partial charge in [0.05, 0.1) is 17.7 Å². The van der Waals surface area contributed by atoms with Crippen LogP contribution in [0.1, 0.15) is 24.2 Å². The van der Waals surface area contributed by atoms with E-state index in [-0.39, 0.29) is 16.3 Å². The van der Waals surface area contributed by atoms with Gasteiger partial charge in [0, 0.05) is 7.11 Å². The Labute approximate surface area is 99.2 Å². The average molecular weight is 244 g/mol. The molecule has 0 amide bonds. The van der Waals surface area contributed by atoms with E-state index in [2.05, 4.69) is 15.3 Å². The third-order valence-electron chi connectivity index (χ3n) is 1.92. The molecule has 0 radical (unpaired) electrons. The maximum Gasteiger partial charge on any atom is 0.156 e. The first-order valence-electron chi connectivity index (χ1n) is 4.73. The Morgan fingerprint density at radius 1 is 1.56 bits per heavy atom. The van der Waals surface area contributed by atoms with Crippen molar-refractivity contribution in [2.24, 2.45) is 0 Å². The lowest BCUT2D eigenvalue weighted by atomic mass is 10.1. The summed E-state index contributed by atoms with van der Waals surface area (Å²) in [6.45, 7) is 4.34. The number of rotatable bonds is 5. The molecule has 0 bridgehead atoms. The van der Waals surface area contributed by atoms with Crippen molar-refractivity contribution in [3.05, 3.63) is 17.0 Å².